The van der Waals surface area contributed by atoms with Crippen LogP contribution in [0.1, 0.15) is 35.8 Å². The first-order valence-electron chi connectivity index (χ1n) is 9.07. The Morgan fingerprint density at radius 2 is 2.11 bits per heavy atom. The van der Waals surface area contributed by atoms with Crippen molar-refractivity contribution < 1.29 is 9.53 Å². The molecule has 8 heteroatoms. The highest BCUT2D eigenvalue weighted by Gasteiger charge is 2.20. The minimum atomic E-state index is -0.572. The Kier molecular flexibility index (Phi) is 6.47. The highest BCUT2D eigenvalue weighted by molar-refractivity contribution is 6.32. The number of benzene rings is 1. The summed E-state index contributed by atoms with van der Waals surface area (Å²) in [6.45, 7) is 5.39. The smallest absolute Gasteiger partial charge is 0.268 e. The van der Waals surface area contributed by atoms with Crippen molar-refractivity contribution in [2.75, 3.05) is 25.0 Å². The number of hydrogen-bond donors (Lipinski definition) is 2. The van der Waals surface area contributed by atoms with Gasteiger partial charge in [0, 0.05) is 25.7 Å². The van der Waals surface area contributed by atoms with Crippen molar-refractivity contribution in [2.24, 2.45) is 5.73 Å². The van der Waals surface area contributed by atoms with Crippen LogP contribution >= 0.6 is 11.6 Å². The first-order chi connectivity index (χ1) is 13.0. The average molecular weight is 390 g/mol. The predicted molar refractivity (Wildman–Crippen MR) is 105 cm³/mol. The van der Waals surface area contributed by atoms with Crippen LogP contribution in [0.3, 0.4) is 0 Å². The summed E-state index contributed by atoms with van der Waals surface area (Å²) in [5.41, 5.74) is 6.55. The van der Waals surface area contributed by atoms with Gasteiger partial charge in [-0.25, -0.2) is 9.97 Å². The monoisotopic (exact) mass is 389 g/mol. The van der Waals surface area contributed by atoms with E-state index in [9.17, 15) is 4.79 Å². The van der Waals surface area contributed by atoms with Gasteiger partial charge >= 0.3 is 0 Å². The molecule has 27 heavy (non-hydrogen) atoms. The molecule has 0 bridgehead atoms. The maximum Gasteiger partial charge on any atom is 0.268 e. The lowest BCUT2D eigenvalue weighted by Gasteiger charge is -2.32. The van der Waals surface area contributed by atoms with Crippen LogP contribution < -0.4 is 15.8 Å². The molecule has 3 N–H and O–H groups in total. The molecule has 0 saturated carbocycles. The second-order valence-corrected chi connectivity index (χ2v) is 6.95. The molecule has 1 aromatic heterocycles. The number of halogens is 1. The molecule has 3 rings (SSSR count). The lowest BCUT2D eigenvalue weighted by molar-refractivity contribution is 0.0995. The van der Waals surface area contributed by atoms with Gasteiger partial charge in [0.05, 0.1) is 24.0 Å². The van der Waals surface area contributed by atoms with Gasteiger partial charge in [-0.3, -0.25) is 9.69 Å². The van der Waals surface area contributed by atoms with Crippen molar-refractivity contribution in [3.8, 4) is 5.75 Å². The minimum absolute atomic E-state index is 0.171. The zero-order chi connectivity index (χ0) is 19.2. The molecule has 1 amide bonds. The molecule has 0 radical (unpaired) electrons. The fourth-order valence-electron chi connectivity index (χ4n) is 3.14. The van der Waals surface area contributed by atoms with Gasteiger partial charge in [0.15, 0.2) is 0 Å². The molecule has 0 spiro atoms. The Bertz CT molecular complexity index is 776. The summed E-state index contributed by atoms with van der Waals surface area (Å²) in [5.74, 6) is 0.834. The number of piperidine rings is 1. The number of likely N-dealkylation sites (tertiary alicyclic amines) is 1. The number of amides is 1. The van der Waals surface area contributed by atoms with Crippen molar-refractivity contribution in [3.63, 3.8) is 0 Å². The van der Waals surface area contributed by atoms with Crippen LogP contribution in [-0.2, 0) is 6.54 Å². The summed E-state index contributed by atoms with van der Waals surface area (Å²) in [4.78, 5) is 21.7. The van der Waals surface area contributed by atoms with Crippen LogP contribution in [0.4, 0.5) is 5.82 Å². The molecule has 1 aliphatic heterocycles. The number of anilines is 1. The van der Waals surface area contributed by atoms with Gasteiger partial charge in [-0.1, -0.05) is 17.7 Å². The van der Waals surface area contributed by atoms with Crippen molar-refractivity contribution >= 4 is 23.3 Å². The number of nitrogens with two attached hydrogens (primary N) is 1. The van der Waals surface area contributed by atoms with Gasteiger partial charge in [-0.05, 0) is 37.5 Å². The van der Waals surface area contributed by atoms with E-state index in [0.717, 1.165) is 38.2 Å². The molecular formula is C19H24ClN5O2. The van der Waals surface area contributed by atoms with Crippen molar-refractivity contribution in [3.05, 3.63) is 46.9 Å². The molecule has 0 aliphatic carbocycles. The maximum absolute atomic E-state index is 11.0. The fraction of sp³-hybridized carbons (Fsp3) is 0.421. The molecule has 7 nitrogen and oxygen atoms in total. The zero-order valence-corrected chi connectivity index (χ0v) is 16.1. The number of carbonyl (C=O) groups is 1. The van der Waals surface area contributed by atoms with E-state index in [2.05, 4.69) is 20.2 Å². The van der Waals surface area contributed by atoms with Crippen molar-refractivity contribution in [1.82, 2.24) is 14.9 Å². The lowest BCUT2D eigenvalue weighted by atomic mass is 10.0. The highest BCUT2D eigenvalue weighted by atomic mass is 35.5. The predicted octanol–water partition coefficient (Wildman–Crippen LogP) is 2.70. The molecule has 0 atom stereocenters. The second-order valence-electron chi connectivity index (χ2n) is 6.54. The summed E-state index contributed by atoms with van der Waals surface area (Å²) in [6.07, 6.45) is 4.96. The minimum Gasteiger partial charge on any atom is -0.492 e. The topological polar surface area (TPSA) is 93.4 Å². The molecular weight excluding hydrogens is 366 g/mol. The van der Waals surface area contributed by atoms with E-state index >= 15 is 0 Å². The highest BCUT2D eigenvalue weighted by Crippen LogP contribution is 2.26. The Hall–Kier alpha value is -2.38. The largest absolute Gasteiger partial charge is 0.492 e. The average Bonchev–Trinajstić information content (AvgIpc) is 2.67. The third kappa shape index (κ3) is 5.30. The van der Waals surface area contributed by atoms with Gasteiger partial charge in [-0.2, -0.15) is 0 Å². The third-order valence-corrected chi connectivity index (χ3v) is 4.86. The SMILES string of the molecule is CCOc1cc(CN2CCC(Nc3cnc(C(N)=O)cn3)CC2)ccc1Cl. The van der Waals surface area contributed by atoms with Crippen LogP contribution in [0, 0.1) is 0 Å². The molecule has 1 fully saturated rings. The Morgan fingerprint density at radius 3 is 2.74 bits per heavy atom. The van der Waals surface area contributed by atoms with E-state index < -0.39 is 5.91 Å². The fourth-order valence-corrected chi connectivity index (χ4v) is 3.32. The normalized spacial score (nSPS) is 15.5. The second kappa shape index (κ2) is 9.01. The quantitative estimate of drug-likeness (QED) is 0.756. The number of primary amides is 1. The first-order valence-corrected chi connectivity index (χ1v) is 9.45. The number of nitrogens with zero attached hydrogens (tertiary/aromatic N) is 3. The number of rotatable bonds is 7. The van der Waals surface area contributed by atoms with Gasteiger partial charge in [0.2, 0.25) is 0 Å². The van der Waals surface area contributed by atoms with Crippen LogP contribution in [0.15, 0.2) is 30.6 Å². The van der Waals surface area contributed by atoms with Gasteiger partial charge in [0.1, 0.15) is 17.3 Å². The number of carbonyl (C=O) groups excluding carboxylic acids is 1. The number of aromatic nitrogens is 2. The summed E-state index contributed by atoms with van der Waals surface area (Å²) in [6, 6.07) is 6.29. The van der Waals surface area contributed by atoms with Gasteiger partial charge in [0.25, 0.3) is 5.91 Å². The molecule has 1 aliphatic rings. The van der Waals surface area contributed by atoms with Crippen LogP contribution in [-0.4, -0.2) is 46.5 Å². The molecule has 2 heterocycles. The number of nitrogens with one attached hydrogen (secondary N) is 1. The van der Waals surface area contributed by atoms with Crippen molar-refractivity contribution in [2.45, 2.75) is 32.4 Å². The maximum atomic E-state index is 11.0. The first kappa shape index (κ1) is 19.4. The Labute approximate surface area is 163 Å². The molecule has 144 valence electrons. The van der Waals surface area contributed by atoms with Crippen LogP contribution in [0.5, 0.6) is 5.75 Å². The number of ether oxygens (including phenoxy) is 1. The standard InChI is InChI=1S/C19H24ClN5O2/c1-2-27-17-9-13(3-4-15(17)20)12-25-7-5-14(6-8-25)24-18-11-22-16(10-23-18)19(21)26/h3-4,9-11,14H,2,5-8,12H2,1H3,(H2,21,26)(H,23,24). The zero-order valence-electron chi connectivity index (χ0n) is 15.3. The third-order valence-electron chi connectivity index (χ3n) is 4.55. The van der Waals surface area contributed by atoms with E-state index in [1.807, 2.05) is 25.1 Å². The molecule has 1 saturated heterocycles. The van der Waals surface area contributed by atoms with Gasteiger partial charge < -0.3 is 15.8 Å². The number of hydrogen-bond acceptors (Lipinski definition) is 6. The van der Waals surface area contributed by atoms with Gasteiger partial charge in [-0.15, -0.1) is 0 Å². The van der Waals surface area contributed by atoms with Crippen molar-refractivity contribution in [1.29, 1.82) is 0 Å². The Morgan fingerprint density at radius 1 is 1.33 bits per heavy atom. The summed E-state index contributed by atoms with van der Waals surface area (Å²) >= 11 is 6.16. The summed E-state index contributed by atoms with van der Waals surface area (Å²) < 4.78 is 5.57. The molecule has 1 aromatic carbocycles. The molecule has 2 aromatic rings. The lowest BCUT2D eigenvalue weighted by Crippen LogP contribution is -2.38. The van der Waals surface area contributed by atoms with Crippen LogP contribution in [0.2, 0.25) is 5.02 Å². The van der Waals surface area contributed by atoms with E-state index in [1.54, 1.807) is 6.20 Å². The van der Waals surface area contributed by atoms with E-state index in [0.29, 0.717) is 23.5 Å². The molecule has 0 unspecified atom stereocenters. The van der Waals surface area contributed by atoms with E-state index in [-0.39, 0.29) is 5.69 Å². The Balaban J connectivity index is 1.50. The van der Waals surface area contributed by atoms with E-state index in [1.165, 1.54) is 11.8 Å². The van der Waals surface area contributed by atoms with Crippen LogP contribution in [0.25, 0.3) is 0 Å². The summed E-state index contributed by atoms with van der Waals surface area (Å²) in [7, 11) is 0. The van der Waals surface area contributed by atoms with E-state index in [4.69, 9.17) is 22.1 Å². The summed E-state index contributed by atoms with van der Waals surface area (Å²) in [5, 5.41) is 4.02.